The van der Waals surface area contributed by atoms with Crippen LogP contribution in [0.1, 0.15) is 39.2 Å². The predicted molar refractivity (Wildman–Crippen MR) is 111 cm³/mol. The third kappa shape index (κ3) is 4.13. The molecule has 3 unspecified atom stereocenters. The highest BCUT2D eigenvalue weighted by Gasteiger charge is 2.58. The Labute approximate surface area is 168 Å². The first-order valence-electron chi connectivity index (χ1n) is 9.04. The largest absolute Gasteiger partial charge is 0.377 e. The maximum Gasteiger partial charge on any atom is 0.194 e. The van der Waals surface area contributed by atoms with Gasteiger partial charge in [-0.15, -0.1) is 24.0 Å². The van der Waals surface area contributed by atoms with Gasteiger partial charge in [0.1, 0.15) is 0 Å². The number of aliphatic imine (C=N–C) groups is 1. The Morgan fingerprint density at radius 1 is 1.52 bits per heavy atom. The van der Waals surface area contributed by atoms with Crippen LogP contribution in [0, 0.1) is 11.3 Å². The van der Waals surface area contributed by atoms with Crippen molar-refractivity contribution < 1.29 is 4.74 Å². The minimum Gasteiger partial charge on any atom is -0.377 e. The van der Waals surface area contributed by atoms with Gasteiger partial charge in [0.25, 0.3) is 0 Å². The van der Waals surface area contributed by atoms with Gasteiger partial charge < -0.3 is 15.0 Å². The van der Waals surface area contributed by atoms with E-state index >= 15 is 0 Å². The molecule has 2 heterocycles. The molecule has 7 heteroatoms. The second-order valence-corrected chi connectivity index (χ2v) is 7.72. The van der Waals surface area contributed by atoms with Gasteiger partial charge >= 0.3 is 0 Å². The van der Waals surface area contributed by atoms with Gasteiger partial charge in [-0.25, -0.2) is 0 Å². The molecule has 1 aliphatic heterocycles. The van der Waals surface area contributed by atoms with Crippen LogP contribution in [0.2, 0.25) is 0 Å². The lowest BCUT2D eigenvalue weighted by Crippen LogP contribution is -2.71. The van der Waals surface area contributed by atoms with Crippen molar-refractivity contribution in [3.05, 3.63) is 18.0 Å². The van der Waals surface area contributed by atoms with Crippen LogP contribution in [0.5, 0.6) is 0 Å². The van der Waals surface area contributed by atoms with Gasteiger partial charge in [-0.3, -0.25) is 9.67 Å². The zero-order valence-electron chi connectivity index (χ0n) is 16.0. The van der Waals surface area contributed by atoms with Crippen molar-refractivity contribution in [3.8, 4) is 0 Å². The van der Waals surface area contributed by atoms with Crippen LogP contribution in [0.15, 0.2) is 17.4 Å². The summed E-state index contributed by atoms with van der Waals surface area (Å²) in [7, 11) is 4.04. The first-order chi connectivity index (χ1) is 11.4. The Morgan fingerprint density at radius 3 is 2.92 bits per heavy atom. The highest BCUT2D eigenvalue weighted by molar-refractivity contribution is 14.0. The molecule has 0 amide bonds. The number of aromatic nitrogens is 2. The summed E-state index contributed by atoms with van der Waals surface area (Å²) in [6.45, 7) is 9.19. The van der Waals surface area contributed by atoms with Gasteiger partial charge in [0.05, 0.1) is 12.3 Å². The molecule has 6 nitrogen and oxygen atoms in total. The number of halogens is 1. The average Bonchev–Trinajstić information content (AvgIpc) is 2.96. The summed E-state index contributed by atoms with van der Waals surface area (Å²) in [5.41, 5.74) is 1.34. The summed E-state index contributed by atoms with van der Waals surface area (Å²) in [5.74, 6) is 1.58. The topological polar surface area (TPSA) is 54.7 Å². The second kappa shape index (κ2) is 8.24. The van der Waals surface area contributed by atoms with Crippen LogP contribution in [0.25, 0.3) is 0 Å². The molecule has 2 aliphatic rings. The molecule has 1 aliphatic carbocycles. The molecule has 0 spiro atoms. The van der Waals surface area contributed by atoms with Crippen molar-refractivity contribution in [2.24, 2.45) is 23.4 Å². The number of nitrogens with one attached hydrogen (secondary N) is 1. The Kier molecular flexibility index (Phi) is 6.75. The molecule has 2 fully saturated rings. The molecule has 0 radical (unpaired) electrons. The van der Waals surface area contributed by atoms with Crippen LogP contribution in [0.3, 0.4) is 0 Å². The van der Waals surface area contributed by atoms with Gasteiger partial charge in [0, 0.05) is 62.9 Å². The number of hydrogen-bond donors (Lipinski definition) is 1. The zero-order valence-corrected chi connectivity index (χ0v) is 18.4. The van der Waals surface area contributed by atoms with Crippen molar-refractivity contribution >= 4 is 29.9 Å². The van der Waals surface area contributed by atoms with Crippen LogP contribution < -0.4 is 5.32 Å². The van der Waals surface area contributed by atoms with E-state index in [4.69, 9.17) is 9.73 Å². The molecular formula is C18H32IN5O. The van der Waals surface area contributed by atoms with Gasteiger partial charge in [0.15, 0.2) is 5.96 Å². The molecule has 142 valence electrons. The third-order valence-corrected chi connectivity index (χ3v) is 5.46. The van der Waals surface area contributed by atoms with Crippen molar-refractivity contribution in [1.29, 1.82) is 0 Å². The monoisotopic (exact) mass is 461 g/mol. The zero-order chi connectivity index (χ0) is 17.3. The van der Waals surface area contributed by atoms with Crippen molar-refractivity contribution in [2.45, 2.75) is 52.3 Å². The van der Waals surface area contributed by atoms with Crippen molar-refractivity contribution in [3.63, 3.8) is 0 Å². The average molecular weight is 461 g/mol. The molecular weight excluding hydrogens is 429 g/mol. The van der Waals surface area contributed by atoms with Gasteiger partial charge in [-0.05, 0) is 19.8 Å². The normalized spacial score (nSPS) is 27.7. The fraction of sp³-hybridized carbons (Fsp3) is 0.778. The third-order valence-electron chi connectivity index (χ3n) is 5.46. The molecule has 1 aromatic heterocycles. The van der Waals surface area contributed by atoms with Crippen LogP contribution in [0.4, 0.5) is 0 Å². The molecule has 1 aromatic rings. The maximum absolute atomic E-state index is 6.02. The van der Waals surface area contributed by atoms with Gasteiger partial charge in [-0.1, -0.05) is 13.8 Å². The minimum atomic E-state index is 0. The van der Waals surface area contributed by atoms with E-state index in [1.54, 1.807) is 0 Å². The quantitative estimate of drug-likeness (QED) is 0.426. The molecule has 3 atom stereocenters. The van der Waals surface area contributed by atoms with Crippen molar-refractivity contribution in [1.82, 2.24) is 20.0 Å². The Morgan fingerprint density at radius 2 is 2.28 bits per heavy atom. The van der Waals surface area contributed by atoms with Gasteiger partial charge in [0.2, 0.25) is 0 Å². The summed E-state index contributed by atoms with van der Waals surface area (Å²) in [4.78, 5) is 6.90. The summed E-state index contributed by atoms with van der Waals surface area (Å²) in [6.07, 6.45) is 6.77. The molecule has 25 heavy (non-hydrogen) atoms. The van der Waals surface area contributed by atoms with E-state index in [9.17, 15) is 0 Å². The van der Waals surface area contributed by atoms with E-state index in [0.717, 1.165) is 25.7 Å². The Balaban J connectivity index is 0.00000225. The standard InChI is InChI=1S/C18H31N5O.HI/c1-6-19-17(22(4)11-13-10-20-23(5)12-13)21-15-14-8-7-9-24-16(14)18(15,2)3;/h10,12,14-16H,6-9,11H2,1-5H3,(H,19,21);1H. The smallest absolute Gasteiger partial charge is 0.194 e. The van der Waals surface area contributed by atoms with Crippen LogP contribution >= 0.6 is 24.0 Å². The Bertz CT molecular complexity index is 600. The van der Waals surface area contributed by atoms with E-state index < -0.39 is 0 Å². The number of guanidine groups is 1. The highest BCUT2D eigenvalue weighted by Crippen LogP contribution is 2.51. The molecule has 1 saturated heterocycles. The van der Waals surface area contributed by atoms with E-state index in [1.807, 2.05) is 17.9 Å². The maximum atomic E-state index is 6.02. The first-order valence-corrected chi connectivity index (χ1v) is 9.04. The summed E-state index contributed by atoms with van der Waals surface area (Å²) in [5, 5.41) is 7.99. The molecule has 0 bridgehead atoms. The van der Waals surface area contributed by atoms with Crippen LogP contribution in [-0.2, 0) is 18.3 Å². The van der Waals surface area contributed by atoms with Crippen molar-refractivity contribution in [2.75, 3.05) is 20.2 Å². The number of aryl methyl sites for hydroxylation is 1. The number of rotatable bonds is 4. The summed E-state index contributed by atoms with van der Waals surface area (Å²) in [6, 6.07) is 0.421. The number of nitrogens with zero attached hydrogens (tertiary/aromatic N) is 4. The lowest BCUT2D eigenvalue weighted by atomic mass is 9.55. The summed E-state index contributed by atoms with van der Waals surface area (Å²) < 4.78 is 7.86. The number of ether oxygens (including phenoxy) is 1. The predicted octanol–water partition coefficient (Wildman–Crippen LogP) is 2.64. The van der Waals surface area contributed by atoms with E-state index in [2.05, 4.69) is 49.3 Å². The number of fused-ring (bicyclic) bond motifs is 1. The lowest BCUT2D eigenvalue weighted by Gasteiger charge is -2.60. The molecule has 0 aromatic carbocycles. The Hall–Kier alpha value is -0.830. The molecule has 3 rings (SSSR count). The summed E-state index contributed by atoms with van der Waals surface area (Å²) >= 11 is 0. The lowest BCUT2D eigenvalue weighted by molar-refractivity contribution is -0.188. The molecule has 1 saturated carbocycles. The minimum absolute atomic E-state index is 0. The SMILES string of the molecule is CCN=C(NC1C2CCCOC2C1(C)C)N(C)Cc1cnn(C)c1.I. The van der Waals surface area contributed by atoms with Gasteiger partial charge in [-0.2, -0.15) is 5.10 Å². The van der Waals surface area contributed by atoms with E-state index in [1.165, 1.54) is 18.4 Å². The number of hydrogen-bond acceptors (Lipinski definition) is 3. The molecule has 1 N–H and O–H groups in total. The first kappa shape index (κ1) is 20.5. The van der Waals surface area contributed by atoms with E-state index in [-0.39, 0.29) is 29.4 Å². The fourth-order valence-electron chi connectivity index (χ4n) is 4.28. The van der Waals surface area contributed by atoms with Crippen LogP contribution in [-0.4, -0.2) is 53.0 Å². The second-order valence-electron chi connectivity index (χ2n) is 7.72. The fourth-order valence-corrected chi connectivity index (χ4v) is 4.28. The highest BCUT2D eigenvalue weighted by atomic mass is 127. The van der Waals surface area contributed by atoms with E-state index in [0.29, 0.717) is 18.1 Å².